The predicted molar refractivity (Wildman–Crippen MR) is 76.9 cm³/mol. The van der Waals surface area contributed by atoms with Gasteiger partial charge in [0.1, 0.15) is 12.3 Å². The summed E-state index contributed by atoms with van der Waals surface area (Å²) in [6, 6.07) is 5.77. The molecular weight excluding hydrogens is 292 g/mol. The minimum Gasteiger partial charge on any atom is -0.378 e. The van der Waals surface area contributed by atoms with Crippen LogP contribution in [0.5, 0.6) is 0 Å². The maximum absolute atomic E-state index is 11.9. The second-order valence-electron chi connectivity index (χ2n) is 4.65. The Labute approximate surface area is 126 Å². The van der Waals surface area contributed by atoms with Crippen molar-refractivity contribution in [3.8, 4) is 10.6 Å². The van der Waals surface area contributed by atoms with Crippen molar-refractivity contribution in [2.75, 3.05) is 32.9 Å². The number of ether oxygens (including phenoxy) is 2. The molecular formula is C14H16N2O4S. The van der Waals surface area contributed by atoms with Gasteiger partial charge in [-0.05, 0) is 11.4 Å². The second-order valence-corrected chi connectivity index (χ2v) is 5.59. The lowest BCUT2D eigenvalue weighted by Gasteiger charge is -2.26. The fourth-order valence-corrected chi connectivity index (χ4v) is 2.73. The third-order valence-electron chi connectivity index (χ3n) is 3.16. The molecule has 7 heteroatoms. The van der Waals surface area contributed by atoms with Gasteiger partial charge >= 0.3 is 0 Å². The molecule has 21 heavy (non-hydrogen) atoms. The molecule has 6 nitrogen and oxygen atoms in total. The van der Waals surface area contributed by atoms with Crippen LogP contribution in [-0.4, -0.2) is 48.9 Å². The Morgan fingerprint density at radius 3 is 3.05 bits per heavy atom. The first kappa shape index (κ1) is 14.2. The van der Waals surface area contributed by atoms with Gasteiger partial charge in [-0.1, -0.05) is 11.2 Å². The summed E-state index contributed by atoms with van der Waals surface area (Å²) in [5.41, 5.74) is 0.688. The number of morpholine rings is 1. The monoisotopic (exact) mass is 308 g/mol. The number of carbonyl (C=O) groups is 1. The summed E-state index contributed by atoms with van der Waals surface area (Å²) in [6.07, 6.45) is 0. The summed E-state index contributed by atoms with van der Waals surface area (Å²) < 4.78 is 15.9. The number of hydrogen-bond acceptors (Lipinski definition) is 6. The van der Waals surface area contributed by atoms with E-state index < -0.39 is 0 Å². The molecule has 2 aromatic heterocycles. The van der Waals surface area contributed by atoms with Crippen LogP contribution in [0.2, 0.25) is 0 Å². The zero-order valence-electron chi connectivity index (χ0n) is 11.5. The summed E-state index contributed by atoms with van der Waals surface area (Å²) >= 11 is 1.59. The first-order valence-corrected chi connectivity index (χ1v) is 7.63. The van der Waals surface area contributed by atoms with Gasteiger partial charge in [0.2, 0.25) is 5.91 Å². The normalized spacial score (nSPS) is 15.3. The molecule has 0 aliphatic carbocycles. The molecule has 1 aliphatic heterocycles. The summed E-state index contributed by atoms with van der Waals surface area (Å²) in [6.45, 7) is 2.79. The van der Waals surface area contributed by atoms with E-state index >= 15 is 0 Å². The summed E-state index contributed by atoms with van der Waals surface area (Å²) in [5, 5.41) is 5.92. The molecule has 0 saturated carbocycles. The third-order valence-corrected chi connectivity index (χ3v) is 4.05. The van der Waals surface area contributed by atoms with Crippen molar-refractivity contribution in [3.63, 3.8) is 0 Å². The lowest BCUT2D eigenvalue weighted by atomic mass is 10.3. The van der Waals surface area contributed by atoms with Crippen LogP contribution >= 0.6 is 11.3 Å². The number of amides is 1. The first-order valence-electron chi connectivity index (χ1n) is 6.75. The molecule has 0 unspecified atom stereocenters. The molecule has 1 saturated heterocycles. The van der Waals surface area contributed by atoms with Crippen molar-refractivity contribution in [3.05, 3.63) is 29.3 Å². The van der Waals surface area contributed by atoms with Crippen molar-refractivity contribution >= 4 is 17.2 Å². The van der Waals surface area contributed by atoms with Crippen LogP contribution in [0, 0.1) is 0 Å². The average molecular weight is 308 g/mol. The van der Waals surface area contributed by atoms with Gasteiger partial charge in [0.05, 0.1) is 24.7 Å². The van der Waals surface area contributed by atoms with E-state index in [0.717, 1.165) is 10.6 Å². The highest BCUT2D eigenvalue weighted by molar-refractivity contribution is 7.13. The van der Waals surface area contributed by atoms with E-state index in [4.69, 9.17) is 14.0 Å². The first-order chi connectivity index (χ1) is 10.3. The molecule has 0 bridgehead atoms. The number of carbonyl (C=O) groups excluding carboxylic acids is 1. The zero-order valence-corrected chi connectivity index (χ0v) is 12.3. The van der Waals surface area contributed by atoms with Gasteiger partial charge in [0, 0.05) is 19.2 Å². The average Bonchev–Trinajstić information content (AvgIpc) is 3.19. The van der Waals surface area contributed by atoms with E-state index in [1.54, 1.807) is 16.2 Å². The summed E-state index contributed by atoms with van der Waals surface area (Å²) in [5.74, 6) is 0.711. The Balaban J connectivity index is 1.46. The van der Waals surface area contributed by atoms with Gasteiger partial charge in [-0.2, -0.15) is 0 Å². The number of nitrogens with zero attached hydrogens (tertiary/aromatic N) is 2. The Kier molecular flexibility index (Phi) is 4.64. The van der Waals surface area contributed by atoms with Crippen molar-refractivity contribution in [2.45, 2.75) is 6.61 Å². The molecule has 1 amide bonds. The van der Waals surface area contributed by atoms with E-state index in [1.165, 1.54) is 0 Å². The molecule has 3 rings (SSSR count). The summed E-state index contributed by atoms with van der Waals surface area (Å²) in [4.78, 5) is 14.7. The molecule has 0 N–H and O–H groups in total. The highest BCUT2D eigenvalue weighted by atomic mass is 32.1. The lowest BCUT2D eigenvalue weighted by molar-refractivity contribution is -0.140. The zero-order chi connectivity index (χ0) is 14.5. The fourth-order valence-electron chi connectivity index (χ4n) is 2.06. The number of hydrogen-bond donors (Lipinski definition) is 0. The van der Waals surface area contributed by atoms with Gasteiger partial charge in [-0.15, -0.1) is 11.3 Å². The van der Waals surface area contributed by atoms with Crippen LogP contribution in [0.3, 0.4) is 0 Å². The van der Waals surface area contributed by atoms with Crippen molar-refractivity contribution < 1.29 is 18.8 Å². The Morgan fingerprint density at radius 2 is 2.29 bits per heavy atom. The number of aromatic nitrogens is 1. The SMILES string of the molecule is O=C(COCc1cc(-c2cccs2)on1)N1CCOCC1. The second kappa shape index (κ2) is 6.84. The van der Waals surface area contributed by atoms with Gasteiger partial charge in [-0.25, -0.2) is 0 Å². The molecule has 0 spiro atoms. The van der Waals surface area contributed by atoms with Crippen molar-refractivity contribution in [1.29, 1.82) is 0 Å². The van der Waals surface area contributed by atoms with E-state index in [-0.39, 0.29) is 19.1 Å². The molecule has 0 aromatic carbocycles. The van der Waals surface area contributed by atoms with Gasteiger partial charge in [-0.3, -0.25) is 4.79 Å². The number of thiophene rings is 1. The standard InChI is InChI=1S/C14H16N2O4S/c17-14(16-3-5-18-6-4-16)10-19-9-11-8-12(20-15-11)13-2-1-7-21-13/h1-2,7-8H,3-6,9-10H2. The highest BCUT2D eigenvalue weighted by Crippen LogP contribution is 2.25. The molecule has 1 aliphatic rings. The van der Waals surface area contributed by atoms with Gasteiger partial charge < -0.3 is 18.9 Å². The molecule has 1 fully saturated rings. The molecule has 2 aromatic rings. The van der Waals surface area contributed by atoms with Crippen LogP contribution in [0.25, 0.3) is 10.6 Å². The largest absolute Gasteiger partial charge is 0.378 e. The van der Waals surface area contributed by atoms with E-state index in [9.17, 15) is 4.79 Å². The van der Waals surface area contributed by atoms with Crippen molar-refractivity contribution in [2.24, 2.45) is 0 Å². The Bertz CT molecular complexity index is 576. The minimum absolute atomic E-state index is 0.0136. The fraction of sp³-hybridized carbons (Fsp3) is 0.429. The highest BCUT2D eigenvalue weighted by Gasteiger charge is 2.17. The Hall–Kier alpha value is -1.70. The van der Waals surface area contributed by atoms with E-state index in [1.807, 2.05) is 23.6 Å². The topological polar surface area (TPSA) is 64.8 Å². The van der Waals surface area contributed by atoms with Crippen LogP contribution in [0.1, 0.15) is 5.69 Å². The maximum atomic E-state index is 11.9. The summed E-state index contributed by atoms with van der Waals surface area (Å²) in [7, 11) is 0. The Morgan fingerprint density at radius 1 is 1.43 bits per heavy atom. The molecule has 0 radical (unpaired) electrons. The smallest absolute Gasteiger partial charge is 0.248 e. The molecule has 0 atom stereocenters. The van der Waals surface area contributed by atoms with E-state index in [0.29, 0.717) is 32.0 Å². The maximum Gasteiger partial charge on any atom is 0.248 e. The van der Waals surface area contributed by atoms with Gasteiger partial charge in [0.15, 0.2) is 5.76 Å². The lowest BCUT2D eigenvalue weighted by Crippen LogP contribution is -2.42. The van der Waals surface area contributed by atoms with Crippen LogP contribution in [0.15, 0.2) is 28.1 Å². The van der Waals surface area contributed by atoms with Crippen LogP contribution in [-0.2, 0) is 20.9 Å². The van der Waals surface area contributed by atoms with Crippen LogP contribution in [0.4, 0.5) is 0 Å². The predicted octanol–water partition coefficient (Wildman–Crippen LogP) is 1.78. The third kappa shape index (κ3) is 3.69. The van der Waals surface area contributed by atoms with Crippen LogP contribution < -0.4 is 0 Å². The van der Waals surface area contributed by atoms with Crippen molar-refractivity contribution in [1.82, 2.24) is 10.1 Å². The van der Waals surface area contributed by atoms with Gasteiger partial charge in [0.25, 0.3) is 0 Å². The van der Waals surface area contributed by atoms with E-state index in [2.05, 4.69) is 5.16 Å². The quantitative estimate of drug-likeness (QED) is 0.842. The number of rotatable bonds is 5. The molecule has 112 valence electrons. The minimum atomic E-state index is -0.0136. The molecule has 3 heterocycles.